The van der Waals surface area contributed by atoms with Crippen molar-refractivity contribution in [1.29, 1.82) is 0 Å². The van der Waals surface area contributed by atoms with Crippen LogP contribution in [0, 0.1) is 23.7 Å². The molecule has 2 rings (SSSR count). The summed E-state index contributed by atoms with van der Waals surface area (Å²) in [6.45, 7) is 1.17. The van der Waals surface area contributed by atoms with Gasteiger partial charge in [0.25, 0.3) is 5.91 Å². The number of hydrogen-bond donors (Lipinski definition) is 4. The van der Waals surface area contributed by atoms with Crippen LogP contribution in [-0.4, -0.2) is 41.9 Å². The van der Waals surface area contributed by atoms with Crippen molar-refractivity contribution in [2.24, 2.45) is 5.73 Å². The van der Waals surface area contributed by atoms with Crippen LogP contribution in [0.3, 0.4) is 0 Å². The zero-order valence-electron chi connectivity index (χ0n) is 17.8. The van der Waals surface area contributed by atoms with Gasteiger partial charge in [-0.25, -0.2) is 0 Å². The maximum atomic E-state index is 12.2. The molecule has 0 saturated heterocycles. The summed E-state index contributed by atoms with van der Waals surface area (Å²) < 4.78 is 0. The van der Waals surface area contributed by atoms with Gasteiger partial charge in [-0.2, -0.15) is 0 Å². The third kappa shape index (κ3) is 7.73. The Hall–Kier alpha value is -3.91. The van der Waals surface area contributed by atoms with Crippen LogP contribution >= 0.6 is 0 Å². The van der Waals surface area contributed by atoms with E-state index in [1.807, 2.05) is 6.92 Å². The average Bonchev–Trinajstić information content (AvgIpc) is 2.81. The van der Waals surface area contributed by atoms with Crippen LogP contribution in [0.4, 0.5) is 5.69 Å². The van der Waals surface area contributed by atoms with Gasteiger partial charge in [-0.3, -0.25) is 14.4 Å². The number of anilines is 1. The molecule has 0 aliphatic rings. The van der Waals surface area contributed by atoms with Gasteiger partial charge >= 0.3 is 0 Å². The number of hydrogen-bond acceptors (Lipinski definition) is 5. The van der Waals surface area contributed by atoms with Crippen molar-refractivity contribution in [3.63, 3.8) is 0 Å². The Morgan fingerprint density at radius 1 is 0.969 bits per heavy atom. The number of benzene rings is 2. The molecular formula is C25H25N3O4. The number of ketones is 1. The molecule has 2 aromatic carbocycles. The number of aliphatic hydroxyl groups is 1. The number of amides is 2. The van der Waals surface area contributed by atoms with Gasteiger partial charge in [0.1, 0.15) is 12.6 Å². The van der Waals surface area contributed by atoms with E-state index in [0.717, 1.165) is 17.7 Å². The van der Waals surface area contributed by atoms with E-state index in [1.165, 1.54) is 0 Å². The van der Waals surface area contributed by atoms with E-state index in [0.29, 0.717) is 17.5 Å². The first kappa shape index (κ1) is 24.4. The van der Waals surface area contributed by atoms with E-state index < -0.39 is 24.3 Å². The fraction of sp³-hybridized carbons (Fsp3) is 0.240. The van der Waals surface area contributed by atoms with Gasteiger partial charge in [-0.05, 0) is 66.8 Å². The highest BCUT2D eigenvalue weighted by Gasteiger charge is 2.18. The fourth-order valence-corrected chi connectivity index (χ4v) is 2.62. The first-order valence-corrected chi connectivity index (χ1v) is 10.1. The molecule has 2 amide bonds. The van der Waals surface area contributed by atoms with E-state index in [1.54, 1.807) is 48.5 Å². The maximum absolute atomic E-state index is 12.2. The third-order valence-corrected chi connectivity index (χ3v) is 4.35. The molecule has 1 atom stereocenters. The minimum absolute atomic E-state index is 0.0152. The Labute approximate surface area is 187 Å². The lowest BCUT2D eigenvalue weighted by atomic mass is 10.1. The summed E-state index contributed by atoms with van der Waals surface area (Å²) in [5.41, 5.74) is 7.96. The zero-order valence-corrected chi connectivity index (χ0v) is 17.8. The van der Waals surface area contributed by atoms with Gasteiger partial charge in [0.15, 0.2) is 5.78 Å². The van der Waals surface area contributed by atoms with Crippen molar-refractivity contribution in [2.75, 3.05) is 18.5 Å². The van der Waals surface area contributed by atoms with Gasteiger partial charge < -0.3 is 21.5 Å². The number of carbonyl (C=O) groups excluding carboxylic acids is 3. The summed E-state index contributed by atoms with van der Waals surface area (Å²) in [5.74, 6) is 10.3. The summed E-state index contributed by atoms with van der Waals surface area (Å²) in [6, 6.07) is 12.8. The quantitative estimate of drug-likeness (QED) is 0.472. The smallest absolute Gasteiger partial charge is 0.251 e. The molecule has 0 aliphatic carbocycles. The highest BCUT2D eigenvalue weighted by Crippen LogP contribution is 2.09. The number of nitrogens with two attached hydrogens (primary N) is 1. The summed E-state index contributed by atoms with van der Waals surface area (Å²) in [7, 11) is 0. The van der Waals surface area contributed by atoms with Crippen LogP contribution < -0.4 is 16.4 Å². The summed E-state index contributed by atoms with van der Waals surface area (Å²) in [6.07, 6.45) is 1.28. The molecule has 0 radical (unpaired) electrons. The molecule has 5 N–H and O–H groups in total. The van der Waals surface area contributed by atoms with E-state index in [2.05, 4.69) is 34.3 Å². The maximum Gasteiger partial charge on any atom is 0.251 e. The van der Waals surface area contributed by atoms with Crippen LogP contribution in [0.5, 0.6) is 0 Å². The van der Waals surface area contributed by atoms with Gasteiger partial charge in [0, 0.05) is 35.3 Å². The van der Waals surface area contributed by atoms with E-state index in [4.69, 9.17) is 10.8 Å². The molecule has 0 aromatic heterocycles. The van der Waals surface area contributed by atoms with Crippen LogP contribution in [0.1, 0.15) is 41.3 Å². The minimum Gasteiger partial charge on any atom is -0.388 e. The second-order valence-electron chi connectivity index (χ2n) is 6.84. The van der Waals surface area contributed by atoms with Crippen molar-refractivity contribution in [3.05, 3.63) is 65.2 Å². The Bertz CT molecular complexity index is 1070. The lowest BCUT2D eigenvalue weighted by molar-refractivity contribution is -0.123. The Kier molecular flexibility index (Phi) is 9.68. The molecule has 7 heteroatoms. The van der Waals surface area contributed by atoms with Gasteiger partial charge in [0.05, 0.1) is 0 Å². The van der Waals surface area contributed by atoms with Gasteiger partial charge in [-0.1, -0.05) is 18.8 Å². The van der Waals surface area contributed by atoms with Crippen LogP contribution in [-0.2, 0) is 9.59 Å². The second kappa shape index (κ2) is 12.7. The van der Waals surface area contributed by atoms with Crippen molar-refractivity contribution in [1.82, 2.24) is 5.32 Å². The first-order chi connectivity index (χ1) is 15.5. The molecule has 0 unspecified atom stereocenters. The third-order valence-electron chi connectivity index (χ3n) is 4.35. The van der Waals surface area contributed by atoms with Gasteiger partial charge in [0.2, 0.25) is 5.91 Å². The molecule has 32 heavy (non-hydrogen) atoms. The normalized spacial score (nSPS) is 10.6. The summed E-state index contributed by atoms with van der Waals surface area (Å²) in [4.78, 5) is 35.3. The topological polar surface area (TPSA) is 122 Å². The highest BCUT2D eigenvalue weighted by atomic mass is 16.3. The van der Waals surface area contributed by atoms with Crippen molar-refractivity contribution >= 4 is 23.3 Å². The monoisotopic (exact) mass is 431 g/mol. The number of rotatable bonds is 8. The predicted molar refractivity (Wildman–Crippen MR) is 123 cm³/mol. The van der Waals surface area contributed by atoms with Crippen molar-refractivity contribution < 1.29 is 19.5 Å². The predicted octanol–water partition coefficient (Wildman–Crippen LogP) is 1.45. The fourth-order valence-electron chi connectivity index (χ4n) is 2.62. The number of nitrogens with one attached hydrogen (secondary N) is 2. The summed E-state index contributed by atoms with van der Waals surface area (Å²) >= 11 is 0. The molecule has 0 fully saturated rings. The molecule has 0 spiro atoms. The molecule has 164 valence electrons. The van der Waals surface area contributed by atoms with Gasteiger partial charge in [-0.15, -0.1) is 0 Å². The number of aliphatic hydroxyl groups excluding tert-OH is 1. The van der Waals surface area contributed by atoms with E-state index >= 15 is 0 Å². The molecule has 2 aromatic rings. The second-order valence-corrected chi connectivity index (χ2v) is 6.84. The largest absolute Gasteiger partial charge is 0.388 e. The minimum atomic E-state index is -0.927. The zero-order chi connectivity index (χ0) is 23.3. The lowest BCUT2D eigenvalue weighted by Crippen LogP contribution is -2.46. The Morgan fingerprint density at radius 3 is 2.03 bits per heavy atom. The molecule has 0 bridgehead atoms. The molecule has 0 saturated carbocycles. The van der Waals surface area contributed by atoms with Crippen molar-refractivity contribution in [2.45, 2.75) is 25.8 Å². The number of Topliss-reactive ketones (excluding diaryl/α,β-unsaturated/α-hetero) is 1. The first-order valence-electron chi connectivity index (χ1n) is 10.1. The lowest BCUT2D eigenvalue weighted by Gasteiger charge is -2.14. The van der Waals surface area contributed by atoms with Crippen LogP contribution in [0.2, 0.25) is 0 Å². The standard InChI is InChI=1S/C25H25N3O4/c1-2-5-24(31)27-21-14-10-19(11-15-21)7-4-3-6-18-8-12-20(13-9-18)25(32)28-22(16-26)23(30)17-29/h8-15,22,29H,2,5,16-17,26H2,1H3,(H,27,31)(H,28,32)/t22-/m0/s1. The Morgan fingerprint density at radius 2 is 1.53 bits per heavy atom. The molecule has 0 aliphatic heterocycles. The average molecular weight is 431 g/mol. The molecular weight excluding hydrogens is 406 g/mol. The highest BCUT2D eigenvalue weighted by molar-refractivity contribution is 5.98. The van der Waals surface area contributed by atoms with E-state index in [-0.39, 0.29) is 12.5 Å². The summed E-state index contributed by atoms with van der Waals surface area (Å²) in [5, 5.41) is 14.2. The SMILES string of the molecule is CCCC(=O)Nc1ccc(C#CC#Cc2ccc(C(=O)N[C@@H](CN)C(=O)CO)cc2)cc1. The van der Waals surface area contributed by atoms with E-state index in [9.17, 15) is 14.4 Å². The molecule has 0 heterocycles. The molecule has 7 nitrogen and oxygen atoms in total. The van der Waals surface area contributed by atoms with Crippen LogP contribution in [0.25, 0.3) is 0 Å². The van der Waals surface area contributed by atoms with Crippen molar-refractivity contribution in [3.8, 4) is 23.7 Å². The Balaban J connectivity index is 1.95. The number of carbonyl (C=O) groups is 3. The van der Waals surface area contributed by atoms with Crippen LogP contribution in [0.15, 0.2) is 48.5 Å².